The lowest BCUT2D eigenvalue weighted by Gasteiger charge is -2.46. The molecular weight excluding hydrogens is 593 g/mol. The van der Waals surface area contributed by atoms with Crippen LogP contribution in [0.1, 0.15) is 29.2 Å². The summed E-state index contributed by atoms with van der Waals surface area (Å²) in [5, 5.41) is 0.906. The van der Waals surface area contributed by atoms with Crippen LogP contribution in [-0.2, 0) is 59.4 Å². The first-order chi connectivity index (χ1) is 21.9. The van der Waals surface area contributed by atoms with Crippen LogP contribution in [0.3, 0.4) is 0 Å². The number of carbonyl (C=O) groups is 1. The summed E-state index contributed by atoms with van der Waals surface area (Å²) in [4.78, 5) is 30.5. The van der Waals surface area contributed by atoms with Gasteiger partial charge in [-0.05, 0) is 22.3 Å². The first-order valence-electron chi connectivity index (χ1n) is 14.8. The second-order valence-electron chi connectivity index (χ2n) is 10.7. The number of rotatable bonds is 14. The topological polar surface area (TPSA) is 104 Å². The number of carbonyl (C=O) groups excluding carboxylic acids is 1. The van der Waals surface area contributed by atoms with Crippen LogP contribution in [0.15, 0.2) is 121 Å². The molecule has 1 N–H and O–H groups in total. The Labute approximate surface area is 263 Å². The van der Waals surface area contributed by atoms with E-state index in [1.165, 1.54) is 6.92 Å². The molecule has 0 aromatic heterocycles. The van der Waals surface area contributed by atoms with Gasteiger partial charge in [-0.15, -0.1) is 0 Å². The normalized spacial score (nSPS) is 23.0. The van der Waals surface area contributed by atoms with Crippen LogP contribution >= 0.6 is 7.60 Å². The molecule has 0 aliphatic carbocycles. The molecule has 1 aliphatic rings. The fourth-order valence-corrected chi connectivity index (χ4v) is 6.94. The van der Waals surface area contributed by atoms with Gasteiger partial charge in [-0.2, -0.15) is 0 Å². The molecular formula is C35H38NO8P. The Morgan fingerprint density at radius 2 is 1.11 bits per heavy atom. The zero-order valence-electron chi connectivity index (χ0n) is 25.1. The minimum Gasteiger partial charge on any atom is -0.374 e. The van der Waals surface area contributed by atoms with Crippen LogP contribution in [0.25, 0.3) is 0 Å². The SMILES string of the molecule is CC(=O)N(OCc1ccccc1)[C@@H]1[C@@H](OCc2ccccc2)[C@H](OCc2ccccc2)[C@@H](COCc2ccccc2)OP1(=O)O. The quantitative estimate of drug-likeness (QED) is 0.128. The van der Waals surface area contributed by atoms with Crippen molar-refractivity contribution in [3.05, 3.63) is 144 Å². The molecule has 4 aromatic rings. The first-order valence-corrected chi connectivity index (χ1v) is 16.5. The van der Waals surface area contributed by atoms with E-state index in [9.17, 15) is 14.3 Å². The van der Waals surface area contributed by atoms with Gasteiger partial charge in [-0.1, -0.05) is 121 Å². The molecule has 0 bridgehead atoms. The molecule has 1 unspecified atom stereocenters. The van der Waals surface area contributed by atoms with E-state index in [0.29, 0.717) is 0 Å². The second kappa shape index (κ2) is 16.1. The van der Waals surface area contributed by atoms with Crippen LogP contribution in [0, 0.1) is 0 Å². The average Bonchev–Trinajstić information content (AvgIpc) is 3.06. The van der Waals surface area contributed by atoms with Gasteiger partial charge < -0.3 is 19.1 Å². The lowest BCUT2D eigenvalue weighted by Crippen LogP contribution is -2.60. The third kappa shape index (κ3) is 9.19. The minimum absolute atomic E-state index is 0.0124. The van der Waals surface area contributed by atoms with Crippen molar-refractivity contribution in [2.24, 2.45) is 0 Å². The lowest BCUT2D eigenvalue weighted by atomic mass is 10.1. The Balaban J connectivity index is 1.46. The van der Waals surface area contributed by atoms with E-state index in [1.807, 2.05) is 121 Å². The van der Waals surface area contributed by atoms with E-state index >= 15 is 0 Å². The zero-order valence-corrected chi connectivity index (χ0v) is 26.0. The maximum atomic E-state index is 14.1. The van der Waals surface area contributed by atoms with Crippen LogP contribution in [0.4, 0.5) is 0 Å². The Bertz CT molecular complexity index is 1510. The Hall–Kier alpha value is -3.66. The number of nitrogens with zero attached hydrogens (tertiary/aromatic N) is 1. The van der Waals surface area contributed by atoms with Crippen LogP contribution < -0.4 is 0 Å². The van der Waals surface area contributed by atoms with Crippen molar-refractivity contribution < 1.29 is 37.8 Å². The maximum absolute atomic E-state index is 14.1. The number of hydrogen-bond acceptors (Lipinski definition) is 7. The first kappa shape index (κ1) is 32.7. The van der Waals surface area contributed by atoms with Crippen LogP contribution in [-0.4, -0.2) is 46.6 Å². The second-order valence-corrected chi connectivity index (χ2v) is 12.6. The highest BCUT2D eigenvalue weighted by molar-refractivity contribution is 7.53. The molecule has 0 radical (unpaired) electrons. The zero-order chi connectivity index (χ0) is 31.5. The molecule has 5 atom stereocenters. The number of amides is 1. The van der Waals surface area contributed by atoms with Crippen LogP contribution in [0.5, 0.6) is 0 Å². The molecule has 1 saturated heterocycles. The van der Waals surface area contributed by atoms with E-state index in [4.69, 9.17) is 23.6 Å². The van der Waals surface area contributed by atoms with Gasteiger partial charge >= 0.3 is 7.60 Å². The standard InChI is InChI=1S/C35H38NO8P/c1-27(37)36(43-25-31-20-12-5-13-21-31)35-34(42-24-30-18-10-4-11-19-30)33(41-23-29-16-8-3-9-17-29)32(44-45(35,38)39)26-40-22-28-14-6-2-7-15-28/h2-21,32-35H,22-26H2,1H3,(H,38,39)/t32-,33-,34+,35+/m1/s1. The van der Waals surface area contributed by atoms with Gasteiger partial charge in [0, 0.05) is 6.92 Å². The summed E-state index contributed by atoms with van der Waals surface area (Å²) in [6.07, 6.45) is -3.03. The number of benzene rings is 4. The van der Waals surface area contributed by atoms with E-state index in [-0.39, 0.29) is 33.0 Å². The molecule has 4 aromatic carbocycles. The van der Waals surface area contributed by atoms with E-state index in [0.717, 1.165) is 27.3 Å². The molecule has 1 amide bonds. The number of ether oxygens (including phenoxy) is 3. The highest BCUT2D eigenvalue weighted by atomic mass is 31.2. The predicted molar refractivity (Wildman–Crippen MR) is 168 cm³/mol. The summed E-state index contributed by atoms with van der Waals surface area (Å²) in [7, 11) is -4.61. The molecule has 9 nitrogen and oxygen atoms in total. The largest absolute Gasteiger partial charge is 0.374 e. The summed E-state index contributed by atoms with van der Waals surface area (Å²) in [6, 6.07) is 37.8. The van der Waals surface area contributed by atoms with E-state index in [1.54, 1.807) is 0 Å². The summed E-state index contributed by atoms with van der Waals surface area (Å²) < 4.78 is 38.8. The Kier molecular flexibility index (Phi) is 11.7. The highest BCUT2D eigenvalue weighted by Crippen LogP contribution is 2.57. The molecule has 236 valence electrons. The lowest BCUT2D eigenvalue weighted by molar-refractivity contribution is -0.235. The van der Waals surface area contributed by atoms with Gasteiger partial charge in [0.1, 0.15) is 24.9 Å². The monoisotopic (exact) mass is 631 g/mol. The third-order valence-electron chi connectivity index (χ3n) is 7.33. The van der Waals surface area contributed by atoms with Crippen molar-refractivity contribution in [2.45, 2.75) is 57.4 Å². The summed E-state index contributed by atoms with van der Waals surface area (Å²) in [6.45, 7) is 1.73. The molecule has 1 heterocycles. The van der Waals surface area contributed by atoms with E-state index < -0.39 is 37.6 Å². The Morgan fingerprint density at radius 3 is 1.58 bits per heavy atom. The third-order valence-corrected chi connectivity index (χ3v) is 9.08. The van der Waals surface area contributed by atoms with Gasteiger partial charge in [-0.25, -0.2) is 5.06 Å². The van der Waals surface area contributed by atoms with Gasteiger partial charge in [-0.3, -0.25) is 18.7 Å². The van der Waals surface area contributed by atoms with Crippen molar-refractivity contribution in [3.8, 4) is 0 Å². The van der Waals surface area contributed by atoms with Gasteiger partial charge in [0.2, 0.25) is 5.91 Å². The smallest absolute Gasteiger partial charge is 0.356 e. The highest BCUT2D eigenvalue weighted by Gasteiger charge is 2.57. The number of hydroxylamine groups is 2. The maximum Gasteiger partial charge on any atom is 0.356 e. The predicted octanol–water partition coefficient (Wildman–Crippen LogP) is 6.26. The van der Waals surface area contributed by atoms with Crippen molar-refractivity contribution in [1.82, 2.24) is 5.06 Å². The molecule has 1 fully saturated rings. The fourth-order valence-electron chi connectivity index (χ4n) is 5.13. The van der Waals surface area contributed by atoms with E-state index in [2.05, 4.69) is 0 Å². The summed E-state index contributed by atoms with van der Waals surface area (Å²) >= 11 is 0. The molecule has 10 heteroatoms. The van der Waals surface area contributed by atoms with Crippen molar-refractivity contribution in [2.75, 3.05) is 6.61 Å². The van der Waals surface area contributed by atoms with Gasteiger partial charge in [0.25, 0.3) is 0 Å². The molecule has 45 heavy (non-hydrogen) atoms. The fraction of sp³-hybridized carbons (Fsp3) is 0.286. The molecule has 5 rings (SSSR count). The average molecular weight is 632 g/mol. The van der Waals surface area contributed by atoms with Gasteiger partial charge in [0.15, 0.2) is 5.78 Å². The van der Waals surface area contributed by atoms with Crippen molar-refractivity contribution >= 4 is 13.5 Å². The van der Waals surface area contributed by atoms with Crippen LogP contribution in [0.2, 0.25) is 0 Å². The van der Waals surface area contributed by atoms with Gasteiger partial charge in [0.05, 0.1) is 26.4 Å². The van der Waals surface area contributed by atoms with Crippen molar-refractivity contribution in [3.63, 3.8) is 0 Å². The summed E-state index contributed by atoms with van der Waals surface area (Å²) in [5.74, 6) is -2.10. The molecule has 0 spiro atoms. The minimum atomic E-state index is -4.61. The molecule has 0 saturated carbocycles. The van der Waals surface area contributed by atoms with Crippen molar-refractivity contribution in [1.29, 1.82) is 0 Å². The molecule has 1 aliphatic heterocycles. The Morgan fingerprint density at radius 1 is 0.689 bits per heavy atom. The summed E-state index contributed by atoms with van der Waals surface area (Å²) in [5.41, 5.74) is 3.45. The number of hydrogen-bond donors (Lipinski definition) is 1.